The number of benzene rings is 15. The Hall–Kier alpha value is -12.4. The van der Waals surface area contributed by atoms with Gasteiger partial charge < -0.3 is 13.9 Å². The Morgan fingerprint density at radius 1 is 0.449 bits per heavy atom. The maximum atomic E-state index is 11.5. The van der Waals surface area contributed by atoms with Crippen molar-refractivity contribution in [1.82, 2.24) is 14.1 Å². The number of imidazole rings is 1. The number of aromatic nitrogens is 4. The van der Waals surface area contributed by atoms with Crippen LogP contribution in [0.2, 0.25) is 0 Å². The van der Waals surface area contributed by atoms with Crippen molar-refractivity contribution in [1.29, 1.82) is 0 Å². The van der Waals surface area contributed by atoms with Crippen LogP contribution in [0.25, 0.3) is 106 Å². The molecule has 0 radical (unpaired) electrons. The number of pyridine rings is 1. The fourth-order valence-electron chi connectivity index (χ4n) is 17.1. The molecule has 0 N–H and O–H groups in total. The van der Waals surface area contributed by atoms with E-state index in [-0.39, 0.29) is 88.1 Å². The van der Waals surface area contributed by atoms with Crippen LogP contribution >= 0.6 is 0 Å². The zero-order valence-electron chi connectivity index (χ0n) is 104. The topological polar surface area (TPSA) is 35.9 Å². The first-order chi connectivity index (χ1) is 73.5. The van der Waals surface area contributed by atoms with E-state index in [0.29, 0.717) is 40.7 Å². The van der Waals surface area contributed by atoms with Gasteiger partial charge in [0.25, 0.3) is 6.33 Å². The molecule has 1 aliphatic carbocycles. The van der Waals surface area contributed by atoms with Crippen molar-refractivity contribution in [2.24, 2.45) is 0 Å². The van der Waals surface area contributed by atoms with E-state index >= 15 is 0 Å². The van der Waals surface area contributed by atoms with Crippen molar-refractivity contribution < 1.29 is 85.2 Å². The van der Waals surface area contributed by atoms with Gasteiger partial charge in [0.2, 0.25) is 0 Å². The molecule has 0 bridgehead atoms. The molecule has 1 aliphatic heterocycles. The van der Waals surface area contributed by atoms with Gasteiger partial charge in [0.05, 0.1) is 63.3 Å². The second kappa shape index (κ2) is 29.7. The first kappa shape index (κ1) is 43.2. The molecule has 0 amide bonds. The van der Waals surface area contributed by atoms with Crippen LogP contribution in [0.4, 0.5) is 0 Å². The molecule has 0 saturated carbocycles. The summed E-state index contributed by atoms with van der Waals surface area (Å²) in [6.45, 7) is 7.32. The Kier molecular flexibility index (Phi) is 10.9. The minimum absolute atomic E-state index is 0. The molecule has 5 nitrogen and oxygen atoms in total. The summed E-state index contributed by atoms with van der Waals surface area (Å²) in [7, 11) is -13.7. The van der Waals surface area contributed by atoms with E-state index in [4.69, 9.17) is 13.8 Å². The molecule has 20 rings (SSSR count). The van der Waals surface area contributed by atoms with Crippen LogP contribution in [0.15, 0.2) is 357 Å². The molecular weight excluding hydrogens is 1640 g/mol. The fourth-order valence-corrected chi connectivity index (χ4v) is 24.7. The number of hydrogen-bond acceptors (Lipinski definition) is 2. The van der Waals surface area contributed by atoms with Gasteiger partial charge in [0.1, 0.15) is 5.82 Å². The molecule has 0 atom stereocenters. The van der Waals surface area contributed by atoms with E-state index in [1.807, 2.05) is 86.9 Å². The van der Waals surface area contributed by atoms with Crippen LogP contribution in [0.3, 0.4) is 0 Å². The number of aryl methyl sites for hydroxylation is 2. The summed E-state index contributed by atoms with van der Waals surface area (Å²) < 4.78 is 411. The molecular formula is C110H90N4OPtSi2-2. The molecule has 0 unspecified atom stereocenters. The van der Waals surface area contributed by atoms with Gasteiger partial charge in [-0.1, -0.05) is 338 Å². The molecule has 15 aromatic carbocycles. The summed E-state index contributed by atoms with van der Waals surface area (Å²) in [5, 5.41) is -7.23. The summed E-state index contributed by atoms with van der Waals surface area (Å²) in [5.41, 5.74) is -3.83. The van der Waals surface area contributed by atoms with Gasteiger partial charge in [0, 0.05) is 52.5 Å². The maximum Gasteiger partial charge on any atom is 0.268 e. The SMILES string of the molecule is [2H]c1c([2H])c([2H])c([Si](c2cc(-c3c(C([2H])([2H])[2H])cccc3C([2H])([2H])[2H])cc3c2-[n+]2[c-]n(-c4[c-]c(Oc5[c-]c6c(cc5)c5ccccc5n6-c5cc(C(C)(C)C)ccn5)ccc4)c4cc(-c5c([2H])c([2H])c([2H])c([Si](c6c([2H])c([2H])c([2H])c([2H])c6[2H])(c6c([2H])c([2H])c([2H])c([2H])c6[2H])c6c([2H])c([2H])c([2H])c([2H])c6[2H])c5[2H])cc(c42)-c2ccccc2-c2cc4c(cc2-3)C(C)(C)CCC4(C)C)(c2c([2H])c([2H])c([2H])c([2H])c2[2H])c2c([2H])c([2H])c([2H])c([2H])c2[2H])c([2H])c1[2H].[Pt]. The van der Waals surface area contributed by atoms with Gasteiger partial charge in [-0.3, -0.25) is 4.57 Å². The third-order valence-corrected chi connectivity index (χ3v) is 31.0. The average Bonchev–Trinajstić information content (AvgIpc) is 0.739. The van der Waals surface area contributed by atoms with Gasteiger partial charge in [-0.15, -0.1) is 29.7 Å². The second-order valence-corrected chi connectivity index (χ2v) is 38.4. The van der Waals surface area contributed by atoms with Crippen LogP contribution in [0.1, 0.15) is 144 Å². The molecule has 0 spiro atoms. The molecule has 0 saturated heterocycles. The van der Waals surface area contributed by atoms with Crippen LogP contribution in [-0.2, 0) is 37.3 Å². The Balaban J connectivity index is 0.0000155. The minimum atomic E-state index is -6.94. The summed E-state index contributed by atoms with van der Waals surface area (Å²) in [4.78, 5) is 4.88. The molecule has 4 heterocycles. The van der Waals surface area contributed by atoms with E-state index in [1.54, 1.807) is 36.5 Å². The molecule has 8 heteroatoms. The zero-order chi connectivity index (χ0) is 114. The summed E-state index contributed by atoms with van der Waals surface area (Å²) in [6.07, 6.45) is 6.20. The predicted molar refractivity (Wildman–Crippen MR) is 491 cm³/mol. The quantitative estimate of drug-likeness (QED) is 0.0471. The van der Waals surface area contributed by atoms with Gasteiger partial charge in [-0.25, -0.2) is 4.98 Å². The van der Waals surface area contributed by atoms with Gasteiger partial charge in [-0.05, 0) is 215 Å². The van der Waals surface area contributed by atoms with Crippen molar-refractivity contribution in [3.8, 4) is 84.3 Å². The molecule has 3 aromatic heterocycles. The van der Waals surface area contributed by atoms with E-state index in [9.17, 15) is 50.7 Å². The minimum Gasteiger partial charge on any atom is -0.510 e. The first-order valence-corrected chi connectivity index (χ1v) is 41.8. The fraction of sp³-hybridized carbons (Fsp3) is 0.127. The Morgan fingerprint density at radius 2 is 0.966 bits per heavy atom. The van der Waals surface area contributed by atoms with E-state index < -0.39 is 327 Å². The first-order valence-electron chi connectivity index (χ1n) is 57.8. The van der Waals surface area contributed by atoms with Crippen molar-refractivity contribution in [3.05, 3.63) is 404 Å². The maximum absolute atomic E-state index is 11.5. The summed E-state index contributed by atoms with van der Waals surface area (Å²) in [6, 6.07) is 2.89. The average molecular weight is 1780 g/mol. The van der Waals surface area contributed by atoms with Crippen molar-refractivity contribution in [2.45, 2.75) is 91.3 Å². The van der Waals surface area contributed by atoms with Crippen molar-refractivity contribution >= 4 is 90.5 Å². The number of hydrogen-bond donors (Lipinski definition) is 0. The van der Waals surface area contributed by atoms with Crippen LogP contribution in [0, 0.1) is 32.2 Å². The standard InChI is InChI=1S/C110H90N4OSi2.Pt/c1-74-35-32-36-75(2)105(74)78-65-97-95-72-99-98(109(6,7)60-61-110(99,8)9)71-94(95)90-53-28-29-54-91(90)96-64-77(76-37-33-52-89(63-76)116(83-40-16-10-17-41-83,84-42-18-11-19-43-84)85-44-20-12-21-45-85)66-102-106(96)113(107(97)103(67-78)117(86-46-22-13-23-47-86,87-48-24-14-25-49-87)88-50-26-15-27-51-88)73-112(102)80-38-34-39-81(69-80)115-82-57-58-93-92-55-30-31-56-100(92)114(101(93)70-82)104-68-79(59-62-111-104)108(3,4)5;/h10-59,62-68,71-72H,60-61H2,1-9H3;/q-2;/i1D3,2D3,10D,11D,12D,13D,14D,15D,16D,17D,18D,19D,20D,21D,22D,23D,24D,25D,26D,27D,33D,37D,40D,41D,42D,43D,44D,45D,46D,47D,48D,49D,50D,51D,52D,63D;. The predicted octanol–water partition coefficient (Wildman–Crippen LogP) is 21.3. The number of para-hydroxylation sites is 1. The van der Waals surface area contributed by atoms with E-state index in [0.717, 1.165) is 34.7 Å². The smallest absolute Gasteiger partial charge is 0.268 e. The third-order valence-electron chi connectivity index (χ3n) is 22.8. The normalized spacial score (nSPS) is 18.5. The monoisotopic (exact) mass is 1770 g/mol. The molecule has 0 fully saturated rings. The van der Waals surface area contributed by atoms with Gasteiger partial charge in [-0.2, -0.15) is 18.2 Å². The zero-order valence-corrected chi connectivity index (χ0v) is 68.6. The van der Waals surface area contributed by atoms with Crippen molar-refractivity contribution in [3.63, 3.8) is 0 Å². The van der Waals surface area contributed by atoms with Gasteiger partial charge >= 0.3 is 0 Å². The van der Waals surface area contributed by atoms with E-state index in [1.165, 1.54) is 51.6 Å². The van der Waals surface area contributed by atoms with E-state index in [2.05, 4.69) is 39.2 Å². The second-order valence-electron chi connectivity index (χ2n) is 31.4. The van der Waals surface area contributed by atoms with Gasteiger partial charge in [0.15, 0.2) is 16.1 Å². The van der Waals surface area contributed by atoms with Crippen molar-refractivity contribution in [2.75, 3.05) is 0 Å². The molecule has 2 aliphatic rings. The van der Waals surface area contributed by atoms with Crippen LogP contribution < -0.4 is 50.8 Å². The Labute approximate surface area is 765 Å². The number of nitrogens with zero attached hydrogens (tertiary/aromatic N) is 4. The summed E-state index contributed by atoms with van der Waals surface area (Å²) in [5.74, 6) is 0.425. The Morgan fingerprint density at radius 3 is 1.54 bits per heavy atom. The summed E-state index contributed by atoms with van der Waals surface area (Å²) >= 11 is 0. The third kappa shape index (κ3) is 12.5. The number of ether oxygens (including phenoxy) is 1. The van der Waals surface area contributed by atoms with Crippen LogP contribution in [0.5, 0.6) is 11.5 Å². The molecule has 18 aromatic rings. The largest absolute Gasteiger partial charge is 0.510 e. The molecule has 118 heavy (non-hydrogen) atoms. The molecule has 576 valence electrons. The Bertz CT molecular complexity index is 8850. The number of fused-ring (bicyclic) bond motifs is 11. The number of rotatable bonds is 14. The van der Waals surface area contributed by atoms with Crippen LogP contribution in [-0.4, -0.2) is 30.3 Å².